The molecule has 0 saturated heterocycles. The van der Waals surface area contributed by atoms with E-state index in [0.29, 0.717) is 6.54 Å². The van der Waals surface area contributed by atoms with Crippen molar-refractivity contribution in [3.05, 3.63) is 35.6 Å². The average Bonchev–Trinajstić information content (AvgIpc) is 2.37. The van der Waals surface area contributed by atoms with Crippen molar-refractivity contribution in [1.82, 2.24) is 10.2 Å². The number of benzene rings is 1. The summed E-state index contributed by atoms with van der Waals surface area (Å²) in [4.78, 5) is 14.0. The zero-order valence-corrected chi connectivity index (χ0v) is 12.5. The first-order valence-electron chi connectivity index (χ1n) is 6.24. The highest BCUT2D eigenvalue weighted by atomic mass is 32.2. The normalized spacial score (nSPS) is 12.5. The Morgan fingerprint density at radius 3 is 2.53 bits per heavy atom. The van der Waals surface area contributed by atoms with Crippen molar-refractivity contribution < 1.29 is 9.18 Å². The molecule has 0 saturated carbocycles. The van der Waals surface area contributed by atoms with E-state index in [2.05, 4.69) is 5.32 Å². The standard InChI is InChI=1S/C14H21FN2OS/c1-17(2)13(11-5-7-12(15)8-6-11)14(18)16-9-4-10-19-3/h5-8,13H,4,9-10H2,1-3H3,(H,16,18)/t13-/m0/s1. The average molecular weight is 284 g/mol. The van der Waals surface area contributed by atoms with Gasteiger partial charge >= 0.3 is 0 Å². The summed E-state index contributed by atoms with van der Waals surface area (Å²) < 4.78 is 12.9. The van der Waals surface area contributed by atoms with Gasteiger partial charge in [-0.1, -0.05) is 12.1 Å². The summed E-state index contributed by atoms with van der Waals surface area (Å²) in [5, 5.41) is 2.92. The van der Waals surface area contributed by atoms with Crippen molar-refractivity contribution in [3.63, 3.8) is 0 Å². The summed E-state index contributed by atoms with van der Waals surface area (Å²) in [6.07, 6.45) is 3.00. The Labute approximate surface area is 118 Å². The van der Waals surface area contributed by atoms with Crippen LogP contribution < -0.4 is 5.32 Å². The molecule has 3 nitrogen and oxygen atoms in total. The van der Waals surface area contributed by atoms with Crippen LogP contribution in [0.1, 0.15) is 18.0 Å². The minimum atomic E-state index is -0.380. The molecule has 106 valence electrons. The highest BCUT2D eigenvalue weighted by Crippen LogP contribution is 2.18. The van der Waals surface area contributed by atoms with E-state index in [1.807, 2.05) is 25.3 Å². The fourth-order valence-electron chi connectivity index (χ4n) is 1.85. The van der Waals surface area contributed by atoms with Gasteiger partial charge in [0.15, 0.2) is 0 Å². The van der Waals surface area contributed by atoms with Gasteiger partial charge in [0.05, 0.1) is 0 Å². The van der Waals surface area contributed by atoms with E-state index in [4.69, 9.17) is 0 Å². The number of halogens is 1. The van der Waals surface area contributed by atoms with Crippen LogP contribution in [-0.4, -0.2) is 43.5 Å². The molecule has 0 spiro atoms. The first-order chi connectivity index (χ1) is 9.06. The van der Waals surface area contributed by atoms with E-state index < -0.39 is 0 Å². The fraction of sp³-hybridized carbons (Fsp3) is 0.500. The van der Waals surface area contributed by atoms with E-state index in [9.17, 15) is 9.18 Å². The van der Waals surface area contributed by atoms with Crippen LogP contribution in [0.25, 0.3) is 0 Å². The molecule has 1 aromatic carbocycles. The van der Waals surface area contributed by atoms with Crippen LogP contribution in [0.4, 0.5) is 4.39 Å². The lowest BCUT2D eigenvalue weighted by molar-refractivity contribution is -0.125. The van der Waals surface area contributed by atoms with Crippen LogP contribution in [0.2, 0.25) is 0 Å². The highest BCUT2D eigenvalue weighted by Gasteiger charge is 2.22. The van der Waals surface area contributed by atoms with Crippen molar-refractivity contribution >= 4 is 17.7 Å². The molecule has 0 bridgehead atoms. The molecule has 1 rings (SSSR count). The molecule has 0 unspecified atom stereocenters. The molecule has 1 aromatic rings. The lowest BCUT2D eigenvalue weighted by Gasteiger charge is -2.23. The van der Waals surface area contributed by atoms with E-state index in [0.717, 1.165) is 17.7 Å². The van der Waals surface area contributed by atoms with Crippen molar-refractivity contribution in [2.75, 3.05) is 32.6 Å². The Hall–Kier alpha value is -1.07. The Kier molecular flexibility index (Phi) is 6.87. The van der Waals surface area contributed by atoms with Crippen molar-refractivity contribution in [1.29, 1.82) is 0 Å². The Bertz CT molecular complexity index is 395. The Morgan fingerprint density at radius 2 is 2.00 bits per heavy atom. The van der Waals surface area contributed by atoms with E-state index in [1.54, 1.807) is 23.9 Å². The second-order valence-corrected chi connectivity index (χ2v) is 5.54. The van der Waals surface area contributed by atoms with Crippen LogP contribution >= 0.6 is 11.8 Å². The molecular formula is C14H21FN2OS. The van der Waals surface area contributed by atoms with Crippen LogP contribution in [0.3, 0.4) is 0 Å². The van der Waals surface area contributed by atoms with Crippen molar-refractivity contribution in [3.8, 4) is 0 Å². The zero-order chi connectivity index (χ0) is 14.3. The maximum absolute atomic E-state index is 12.9. The number of amides is 1. The topological polar surface area (TPSA) is 32.3 Å². The number of thioether (sulfide) groups is 1. The molecule has 0 aliphatic rings. The Morgan fingerprint density at radius 1 is 1.37 bits per heavy atom. The third-order valence-corrected chi connectivity index (χ3v) is 3.47. The number of likely N-dealkylation sites (N-methyl/N-ethyl adjacent to an activating group) is 1. The number of nitrogens with zero attached hydrogens (tertiary/aromatic N) is 1. The fourth-order valence-corrected chi connectivity index (χ4v) is 2.29. The number of carbonyl (C=O) groups is 1. The predicted octanol–water partition coefficient (Wildman–Crippen LogP) is 2.30. The highest BCUT2D eigenvalue weighted by molar-refractivity contribution is 7.98. The number of carbonyl (C=O) groups excluding carboxylic acids is 1. The lowest BCUT2D eigenvalue weighted by atomic mass is 10.1. The first kappa shape index (κ1) is 16.0. The summed E-state index contributed by atoms with van der Waals surface area (Å²) in [5.74, 6) is 0.697. The lowest BCUT2D eigenvalue weighted by Crippen LogP contribution is -2.37. The molecule has 1 amide bonds. The molecule has 0 aromatic heterocycles. The van der Waals surface area contributed by atoms with E-state index in [1.165, 1.54) is 12.1 Å². The monoisotopic (exact) mass is 284 g/mol. The van der Waals surface area contributed by atoms with Gasteiger partial charge in [-0.15, -0.1) is 0 Å². The van der Waals surface area contributed by atoms with Crippen LogP contribution in [0, 0.1) is 5.82 Å². The van der Waals surface area contributed by atoms with Gasteiger partial charge in [-0.05, 0) is 50.2 Å². The molecule has 0 aliphatic heterocycles. The van der Waals surface area contributed by atoms with Crippen LogP contribution in [0.5, 0.6) is 0 Å². The molecule has 0 fully saturated rings. The van der Waals surface area contributed by atoms with Gasteiger partial charge in [0.2, 0.25) is 5.91 Å². The SMILES string of the molecule is CSCCCNC(=O)[C@H](c1ccc(F)cc1)N(C)C. The molecule has 1 N–H and O–H groups in total. The van der Waals surface area contributed by atoms with Crippen LogP contribution in [0.15, 0.2) is 24.3 Å². The minimum Gasteiger partial charge on any atom is -0.354 e. The van der Waals surface area contributed by atoms with Crippen LogP contribution in [-0.2, 0) is 4.79 Å². The van der Waals surface area contributed by atoms with Gasteiger partial charge < -0.3 is 5.32 Å². The molecule has 5 heteroatoms. The van der Waals surface area contributed by atoms with Gasteiger partial charge in [0, 0.05) is 6.54 Å². The van der Waals surface area contributed by atoms with Crippen molar-refractivity contribution in [2.24, 2.45) is 0 Å². The van der Waals surface area contributed by atoms with Crippen molar-refractivity contribution in [2.45, 2.75) is 12.5 Å². The molecular weight excluding hydrogens is 263 g/mol. The number of hydrogen-bond donors (Lipinski definition) is 1. The first-order valence-corrected chi connectivity index (χ1v) is 7.64. The van der Waals surface area contributed by atoms with Gasteiger partial charge in [-0.2, -0.15) is 11.8 Å². The molecule has 0 aliphatic carbocycles. The molecule has 0 heterocycles. The summed E-state index contributed by atoms with van der Waals surface area (Å²) >= 11 is 1.76. The maximum atomic E-state index is 12.9. The largest absolute Gasteiger partial charge is 0.354 e. The zero-order valence-electron chi connectivity index (χ0n) is 11.6. The van der Waals surface area contributed by atoms with Gasteiger partial charge in [0.25, 0.3) is 0 Å². The van der Waals surface area contributed by atoms with Gasteiger partial charge in [-0.3, -0.25) is 9.69 Å². The quantitative estimate of drug-likeness (QED) is 0.780. The summed E-state index contributed by atoms with van der Waals surface area (Å²) in [6.45, 7) is 0.672. The molecule has 1 atom stereocenters. The maximum Gasteiger partial charge on any atom is 0.241 e. The smallest absolute Gasteiger partial charge is 0.241 e. The Balaban J connectivity index is 2.66. The molecule has 0 radical (unpaired) electrons. The van der Waals surface area contributed by atoms with Gasteiger partial charge in [0.1, 0.15) is 11.9 Å². The van der Waals surface area contributed by atoms with Gasteiger partial charge in [-0.25, -0.2) is 4.39 Å². The third kappa shape index (κ3) is 5.20. The summed E-state index contributed by atoms with van der Waals surface area (Å²) in [5.41, 5.74) is 0.800. The summed E-state index contributed by atoms with van der Waals surface area (Å²) in [7, 11) is 3.69. The second-order valence-electron chi connectivity index (χ2n) is 4.56. The predicted molar refractivity (Wildman–Crippen MR) is 78.8 cm³/mol. The van der Waals surface area contributed by atoms with E-state index in [-0.39, 0.29) is 17.8 Å². The summed E-state index contributed by atoms with van der Waals surface area (Å²) in [6, 6.07) is 5.69. The number of hydrogen-bond acceptors (Lipinski definition) is 3. The number of rotatable bonds is 7. The van der Waals surface area contributed by atoms with E-state index >= 15 is 0 Å². The minimum absolute atomic E-state index is 0.0438. The second kappa shape index (κ2) is 8.17. The number of nitrogens with one attached hydrogen (secondary N) is 1. The molecule has 19 heavy (non-hydrogen) atoms. The third-order valence-electron chi connectivity index (χ3n) is 2.77.